The summed E-state index contributed by atoms with van der Waals surface area (Å²) in [4.78, 5) is 4.25. The van der Waals surface area contributed by atoms with Crippen LogP contribution in [0.4, 0.5) is 0 Å². The second-order valence-electron chi connectivity index (χ2n) is 1.18. The molecule has 0 unspecified atom stereocenters. The van der Waals surface area contributed by atoms with Gasteiger partial charge in [0, 0.05) is 13.1 Å². The molecule has 0 saturated carbocycles. The fourth-order valence-corrected chi connectivity index (χ4v) is 0. The van der Waals surface area contributed by atoms with Crippen molar-refractivity contribution in [2.24, 2.45) is 0 Å². The van der Waals surface area contributed by atoms with Crippen LogP contribution in [0.3, 0.4) is 0 Å². The van der Waals surface area contributed by atoms with E-state index in [1.54, 1.807) is 0 Å². The lowest BCUT2D eigenvalue weighted by molar-refractivity contribution is 0.412. The number of hydrogen-bond acceptors (Lipinski definition) is 3. The molecular formula is C3H10N2O2. The standard InChI is InChI=1S/C2H5N.CH3NO.H2O/c2*1-2-3-1;/h3H,1-2H2;2H,1H2;1H2. The first-order chi connectivity index (χ1) is 3.00. The summed E-state index contributed by atoms with van der Waals surface area (Å²) >= 11 is 0. The summed E-state index contributed by atoms with van der Waals surface area (Å²) in [6.45, 7) is 3.25. The molecule has 4 N–H and O–H groups in total. The topological polar surface area (TPSA) is 87.9 Å². The van der Waals surface area contributed by atoms with Crippen LogP contribution in [-0.4, -0.2) is 25.3 Å². The van der Waals surface area contributed by atoms with Crippen LogP contribution < -0.4 is 10.8 Å². The molecule has 2 aliphatic heterocycles. The molecule has 2 rings (SSSR count). The minimum Gasteiger partial charge on any atom is -0.412 e. The zero-order valence-electron chi connectivity index (χ0n) is 4.03. The van der Waals surface area contributed by atoms with Crippen LogP contribution in [0, 0.1) is 0 Å². The van der Waals surface area contributed by atoms with E-state index in [9.17, 15) is 0 Å². The summed E-state index contributed by atoms with van der Waals surface area (Å²) in [6, 6.07) is 0. The smallest absolute Gasteiger partial charge is 0.141 e. The van der Waals surface area contributed by atoms with E-state index < -0.39 is 0 Å². The summed E-state index contributed by atoms with van der Waals surface area (Å²) in [5.41, 5.74) is 2.50. The van der Waals surface area contributed by atoms with Crippen molar-refractivity contribution in [3.63, 3.8) is 0 Å². The Morgan fingerprint density at radius 2 is 1.57 bits per heavy atom. The van der Waals surface area contributed by atoms with Crippen LogP contribution in [0.5, 0.6) is 0 Å². The monoisotopic (exact) mass is 106 g/mol. The molecule has 0 aliphatic carbocycles. The molecule has 2 heterocycles. The van der Waals surface area contributed by atoms with E-state index in [2.05, 4.69) is 15.6 Å². The minimum atomic E-state index is 0. The highest BCUT2D eigenvalue weighted by Crippen LogP contribution is 1.70. The molecule has 7 heavy (non-hydrogen) atoms. The van der Waals surface area contributed by atoms with E-state index >= 15 is 0 Å². The molecule has 2 saturated heterocycles. The first kappa shape index (κ1) is 6.84. The Hall–Kier alpha value is -0.160. The number of rotatable bonds is 0. The summed E-state index contributed by atoms with van der Waals surface area (Å²) in [5, 5.41) is 3.00. The molecule has 4 heteroatoms. The van der Waals surface area contributed by atoms with Gasteiger partial charge in [0.25, 0.3) is 0 Å². The maximum absolute atomic E-state index is 4.25. The number of hydroxylamine groups is 1. The largest absolute Gasteiger partial charge is 0.412 e. The summed E-state index contributed by atoms with van der Waals surface area (Å²) < 4.78 is 0. The maximum Gasteiger partial charge on any atom is 0.141 e. The van der Waals surface area contributed by atoms with Crippen molar-refractivity contribution in [1.82, 2.24) is 10.8 Å². The zero-order chi connectivity index (χ0) is 4.24. The average molecular weight is 106 g/mol. The van der Waals surface area contributed by atoms with Gasteiger partial charge in [0.2, 0.25) is 0 Å². The minimum absolute atomic E-state index is 0. The molecule has 0 aromatic heterocycles. The highest BCUT2D eigenvalue weighted by atomic mass is 16.8. The lowest BCUT2D eigenvalue weighted by atomic mass is 11.0. The Balaban J connectivity index is 0.0000000900. The van der Waals surface area contributed by atoms with Gasteiger partial charge < -0.3 is 10.8 Å². The molecule has 2 fully saturated rings. The third-order valence-corrected chi connectivity index (χ3v) is 0.394. The summed E-state index contributed by atoms with van der Waals surface area (Å²) in [6.07, 6.45) is 0. The Bertz CT molecular complexity index is 26.4. The van der Waals surface area contributed by atoms with Crippen LogP contribution in [-0.2, 0) is 4.84 Å². The van der Waals surface area contributed by atoms with Crippen molar-refractivity contribution in [3.8, 4) is 0 Å². The van der Waals surface area contributed by atoms with E-state index in [1.807, 2.05) is 0 Å². The molecule has 0 aromatic rings. The van der Waals surface area contributed by atoms with Gasteiger partial charge in [-0.3, -0.25) is 4.84 Å². The van der Waals surface area contributed by atoms with Gasteiger partial charge in [-0.1, -0.05) is 0 Å². The van der Waals surface area contributed by atoms with Crippen LogP contribution in [0.15, 0.2) is 0 Å². The normalized spacial score (nSPS) is 20.6. The van der Waals surface area contributed by atoms with Gasteiger partial charge in [0.05, 0.1) is 0 Å². The highest BCUT2D eigenvalue weighted by Gasteiger charge is 1.91. The molecule has 0 aromatic carbocycles. The van der Waals surface area contributed by atoms with Crippen molar-refractivity contribution in [1.29, 1.82) is 0 Å². The van der Waals surface area contributed by atoms with Gasteiger partial charge in [0.1, 0.15) is 6.73 Å². The van der Waals surface area contributed by atoms with Gasteiger partial charge in [-0.15, -0.1) is 0 Å². The van der Waals surface area contributed by atoms with Gasteiger partial charge in [-0.25, -0.2) is 0 Å². The highest BCUT2D eigenvalue weighted by molar-refractivity contribution is 4.58. The average Bonchev–Trinajstić information content (AvgIpc) is 2.31. The zero-order valence-corrected chi connectivity index (χ0v) is 4.03. The Morgan fingerprint density at radius 1 is 1.29 bits per heavy atom. The fraction of sp³-hybridized carbons (Fsp3) is 1.00. The molecule has 0 bridgehead atoms. The van der Waals surface area contributed by atoms with Crippen LogP contribution >= 0.6 is 0 Å². The third-order valence-electron chi connectivity index (χ3n) is 0.394. The van der Waals surface area contributed by atoms with Gasteiger partial charge >= 0.3 is 0 Å². The quantitative estimate of drug-likeness (QED) is 0.359. The van der Waals surface area contributed by atoms with E-state index in [1.165, 1.54) is 13.1 Å². The lowest BCUT2D eigenvalue weighted by Crippen LogP contribution is -1.56. The Morgan fingerprint density at radius 3 is 1.57 bits per heavy atom. The van der Waals surface area contributed by atoms with E-state index in [0.29, 0.717) is 0 Å². The van der Waals surface area contributed by atoms with Gasteiger partial charge in [-0.05, 0) is 0 Å². The van der Waals surface area contributed by atoms with E-state index in [0.717, 1.165) is 6.73 Å². The predicted octanol–water partition coefficient (Wildman–Crippen LogP) is -1.76. The molecule has 0 amide bonds. The maximum atomic E-state index is 4.25. The van der Waals surface area contributed by atoms with Gasteiger partial charge in [-0.2, -0.15) is 5.48 Å². The molecule has 0 atom stereocenters. The second kappa shape index (κ2) is 4.01. The lowest BCUT2D eigenvalue weighted by Gasteiger charge is -1.23. The van der Waals surface area contributed by atoms with Crippen molar-refractivity contribution in [2.75, 3.05) is 19.8 Å². The van der Waals surface area contributed by atoms with Crippen molar-refractivity contribution < 1.29 is 10.3 Å². The van der Waals surface area contributed by atoms with Crippen molar-refractivity contribution in [2.45, 2.75) is 0 Å². The van der Waals surface area contributed by atoms with Crippen LogP contribution in [0.1, 0.15) is 0 Å². The molecule has 0 spiro atoms. The predicted molar refractivity (Wildman–Crippen MR) is 25.6 cm³/mol. The molecule has 4 nitrogen and oxygen atoms in total. The first-order valence-electron chi connectivity index (χ1n) is 2.05. The summed E-state index contributed by atoms with van der Waals surface area (Å²) in [5.74, 6) is 0. The second-order valence-corrected chi connectivity index (χ2v) is 1.18. The molecule has 44 valence electrons. The van der Waals surface area contributed by atoms with Crippen molar-refractivity contribution in [3.05, 3.63) is 0 Å². The fourth-order valence-electron chi connectivity index (χ4n) is 0. The molecule has 2 aliphatic rings. The van der Waals surface area contributed by atoms with Gasteiger partial charge in [0.15, 0.2) is 0 Å². The third kappa shape index (κ3) is 25.4. The number of nitrogens with one attached hydrogen (secondary N) is 2. The van der Waals surface area contributed by atoms with Crippen LogP contribution in [0.25, 0.3) is 0 Å². The molecule has 0 radical (unpaired) electrons. The van der Waals surface area contributed by atoms with Crippen LogP contribution in [0.2, 0.25) is 0 Å². The SMILES string of the molecule is C1CN1.C1NO1.O. The Labute approximate surface area is 42.1 Å². The Kier molecular flexibility index (Phi) is 3.92. The summed E-state index contributed by atoms with van der Waals surface area (Å²) in [7, 11) is 0. The molecular weight excluding hydrogens is 96.0 g/mol. The number of hydrogen-bond donors (Lipinski definition) is 2. The van der Waals surface area contributed by atoms with E-state index in [-0.39, 0.29) is 5.48 Å². The van der Waals surface area contributed by atoms with Crippen molar-refractivity contribution >= 4 is 0 Å². The van der Waals surface area contributed by atoms with E-state index in [4.69, 9.17) is 0 Å². The first-order valence-corrected chi connectivity index (χ1v) is 2.05.